The summed E-state index contributed by atoms with van der Waals surface area (Å²) in [5.74, 6) is -1.42. The van der Waals surface area contributed by atoms with Crippen LogP contribution in [0.4, 0.5) is 0 Å². The van der Waals surface area contributed by atoms with Gasteiger partial charge in [-0.05, 0) is 19.1 Å². The molecule has 2 rings (SSSR count). The molecule has 2 aliphatic rings. The van der Waals surface area contributed by atoms with Crippen LogP contribution in [0.15, 0.2) is 5.16 Å². The highest BCUT2D eigenvalue weighted by Gasteiger charge is 2.42. The van der Waals surface area contributed by atoms with Crippen molar-refractivity contribution in [2.24, 2.45) is 5.16 Å². The summed E-state index contributed by atoms with van der Waals surface area (Å²) in [6, 6.07) is 0. The molecule has 94 valence electrons. The number of carboxylic acids is 1. The minimum Gasteiger partial charge on any atom is -0.477 e. The molecule has 1 unspecified atom stereocenters. The molecule has 1 atom stereocenters. The summed E-state index contributed by atoms with van der Waals surface area (Å²) >= 11 is 1.75. The van der Waals surface area contributed by atoms with E-state index in [2.05, 4.69) is 10.5 Å². The fourth-order valence-corrected chi connectivity index (χ4v) is 2.33. The van der Waals surface area contributed by atoms with E-state index >= 15 is 0 Å². The van der Waals surface area contributed by atoms with Crippen molar-refractivity contribution in [2.45, 2.75) is 30.1 Å². The SMILES string of the molecule is CSC1(CNC(=O)C2CC(C(=O)O)=NO2)CC1. The van der Waals surface area contributed by atoms with Gasteiger partial charge in [-0.1, -0.05) is 5.16 Å². The van der Waals surface area contributed by atoms with Crippen LogP contribution < -0.4 is 5.32 Å². The highest BCUT2D eigenvalue weighted by atomic mass is 32.2. The Bertz CT molecular complexity index is 379. The Morgan fingerprint density at radius 3 is 2.82 bits per heavy atom. The van der Waals surface area contributed by atoms with Crippen LogP contribution in [0.25, 0.3) is 0 Å². The largest absolute Gasteiger partial charge is 0.477 e. The molecule has 1 aliphatic heterocycles. The lowest BCUT2D eigenvalue weighted by molar-refractivity contribution is -0.131. The number of carbonyl (C=O) groups excluding carboxylic acids is 1. The third-order valence-corrected chi connectivity index (χ3v) is 4.45. The van der Waals surface area contributed by atoms with Gasteiger partial charge in [0.05, 0.1) is 0 Å². The normalized spacial score (nSPS) is 24.8. The van der Waals surface area contributed by atoms with Crippen molar-refractivity contribution in [3.63, 3.8) is 0 Å². The van der Waals surface area contributed by atoms with Crippen LogP contribution in [-0.4, -0.2) is 46.3 Å². The third-order valence-electron chi connectivity index (χ3n) is 3.03. The summed E-state index contributed by atoms with van der Waals surface area (Å²) in [4.78, 5) is 27.1. The second-order valence-corrected chi connectivity index (χ2v) is 5.52. The minimum atomic E-state index is -1.14. The Hall–Kier alpha value is -1.24. The van der Waals surface area contributed by atoms with E-state index in [4.69, 9.17) is 9.94 Å². The Balaban J connectivity index is 1.77. The number of hydrogen-bond acceptors (Lipinski definition) is 5. The molecule has 2 N–H and O–H groups in total. The number of rotatable bonds is 5. The molecule has 0 radical (unpaired) electrons. The van der Waals surface area contributed by atoms with Gasteiger partial charge in [-0.15, -0.1) is 0 Å². The summed E-state index contributed by atoms with van der Waals surface area (Å²) in [6.07, 6.45) is 3.48. The van der Waals surface area contributed by atoms with Gasteiger partial charge in [0.1, 0.15) is 0 Å². The zero-order valence-corrected chi connectivity index (χ0v) is 10.2. The van der Waals surface area contributed by atoms with Crippen LogP contribution in [0.3, 0.4) is 0 Å². The molecule has 0 bridgehead atoms. The van der Waals surface area contributed by atoms with Crippen molar-refractivity contribution in [1.82, 2.24) is 5.32 Å². The highest BCUT2D eigenvalue weighted by Crippen LogP contribution is 2.46. The Morgan fingerprint density at radius 1 is 1.65 bits per heavy atom. The van der Waals surface area contributed by atoms with Crippen molar-refractivity contribution in [1.29, 1.82) is 0 Å². The summed E-state index contributed by atoms with van der Waals surface area (Å²) in [5, 5.41) is 14.8. The second-order valence-electron chi connectivity index (χ2n) is 4.25. The van der Waals surface area contributed by atoms with Gasteiger partial charge in [0, 0.05) is 17.7 Å². The monoisotopic (exact) mass is 258 g/mol. The first-order valence-corrected chi connectivity index (χ1v) is 6.58. The fourth-order valence-electron chi connectivity index (χ4n) is 1.60. The van der Waals surface area contributed by atoms with Gasteiger partial charge in [-0.25, -0.2) is 4.79 Å². The average molecular weight is 258 g/mol. The van der Waals surface area contributed by atoms with Gasteiger partial charge in [-0.2, -0.15) is 11.8 Å². The maximum atomic E-state index is 11.7. The van der Waals surface area contributed by atoms with E-state index < -0.39 is 12.1 Å². The van der Waals surface area contributed by atoms with Gasteiger partial charge in [0.25, 0.3) is 5.91 Å². The number of carbonyl (C=O) groups is 2. The summed E-state index contributed by atoms with van der Waals surface area (Å²) < 4.78 is 0.185. The van der Waals surface area contributed by atoms with Gasteiger partial charge >= 0.3 is 5.97 Å². The number of amides is 1. The second kappa shape index (κ2) is 4.56. The van der Waals surface area contributed by atoms with E-state index in [1.54, 1.807) is 11.8 Å². The smallest absolute Gasteiger partial charge is 0.353 e. The predicted molar refractivity (Wildman–Crippen MR) is 63.1 cm³/mol. The number of oxime groups is 1. The van der Waals surface area contributed by atoms with E-state index in [1.165, 1.54) is 0 Å². The molecular weight excluding hydrogens is 244 g/mol. The van der Waals surface area contributed by atoms with E-state index in [0.29, 0.717) is 6.54 Å². The molecule has 6 nitrogen and oxygen atoms in total. The fraction of sp³-hybridized carbons (Fsp3) is 0.700. The van der Waals surface area contributed by atoms with E-state index in [1.807, 2.05) is 6.26 Å². The minimum absolute atomic E-state index is 0.0352. The van der Waals surface area contributed by atoms with Crippen molar-refractivity contribution in [3.8, 4) is 0 Å². The molecule has 7 heteroatoms. The molecule has 0 saturated heterocycles. The summed E-state index contributed by atoms with van der Waals surface area (Å²) in [5.41, 5.74) is -0.101. The van der Waals surface area contributed by atoms with E-state index in [0.717, 1.165) is 12.8 Å². The average Bonchev–Trinajstić information content (AvgIpc) is 2.92. The number of aliphatic carboxylic acids is 1. The summed E-state index contributed by atoms with van der Waals surface area (Å²) in [7, 11) is 0. The van der Waals surface area contributed by atoms with Crippen LogP contribution in [0.5, 0.6) is 0 Å². The Kier molecular flexibility index (Phi) is 3.28. The van der Waals surface area contributed by atoms with Gasteiger partial charge < -0.3 is 15.3 Å². The van der Waals surface area contributed by atoms with Crippen molar-refractivity contribution >= 4 is 29.4 Å². The van der Waals surface area contributed by atoms with Crippen LogP contribution in [-0.2, 0) is 14.4 Å². The molecule has 17 heavy (non-hydrogen) atoms. The lowest BCUT2D eigenvalue weighted by atomic mass is 10.1. The Labute approximate surface area is 103 Å². The molecule has 0 aromatic carbocycles. The molecule has 0 spiro atoms. The molecule has 1 aliphatic carbocycles. The lowest BCUT2D eigenvalue weighted by Gasteiger charge is -2.14. The van der Waals surface area contributed by atoms with E-state index in [9.17, 15) is 9.59 Å². The van der Waals surface area contributed by atoms with Crippen molar-refractivity contribution in [3.05, 3.63) is 0 Å². The molecule has 1 fully saturated rings. The molecule has 0 aromatic rings. The highest BCUT2D eigenvalue weighted by molar-refractivity contribution is 8.00. The maximum Gasteiger partial charge on any atom is 0.353 e. The third kappa shape index (κ3) is 2.71. The zero-order valence-electron chi connectivity index (χ0n) is 9.43. The number of thioether (sulfide) groups is 1. The summed E-state index contributed by atoms with van der Waals surface area (Å²) in [6.45, 7) is 0.606. The first-order valence-electron chi connectivity index (χ1n) is 5.35. The number of nitrogens with zero attached hydrogens (tertiary/aromatic N) is 1. The van der Waals surface area contributed by atoms with Crippen LogP contribution in [0.1, 0.15) is 19.3 Å². The lowest BCUT2D eigenvalue weighted by Crippen LogP contribution is -2.39. The van der Waals surface area contributed by atoms with Gasteiger partial charge in [0.15, 0.2) is 5.71 Å². The number of carboxylic acid groups (broad SMARTS) is 1. The van der Waals surface area contributed by atoms with Gasteiger partial charge in [-0.3, -0.25) is 4.79 Å². The maximum absolute atomic E-state index is 11.7. The van der Waals surface area contributed by atoms with Crippen molar-refractivity contribution < 1.29 is 19.5 Å². The van der Waals surface area contributed by atoms with Crippen LogP contribution in [0.2, 0.25) is 0 Å². The molecule has 1 saturated carbocycles. The van der Waals surface area contributed by atoms with Crippen LogP contribution >= 0.6 is 11.8 Å². The first kappa shape index (κ1) is 12.2. The predicted octanol–water partition coefficient (Wildman–Crippen LogP) is 0.228. The topological polar surface area (TPSA) is 88.0 Å². The number of hydrogen-bond donors (Lipinski definition) is 2. The molecular formula is C10H14N2O4S. The Morgan fingerprint density at radius 2 is 2.35 bits per heavy atom. The molecule has 1 amide bonds. The van der Waals surface area contributed by atoms with Crippen molar-refractivity contribution in [2.75, 3.05) is 12.8 Å². The van der Waals surface area contributed by atoms with Gasteiger partial charge in [0.2, 0.25) is 6.10 Å². The first-order chi connectivity index (χ1) is 8.06. The quantitative estimate of drug-likeness (QED) is 0.737. The van der Waals surface area contributed by atoms with E-state index in [-0.39, 0.29) is 22.8 Å². The number of nitrogens with one attached hydrogen (secondary N) is 1. The van der Waals surface area contributed by atoms with Crippen LogP contribution in [0, 0.1) is 0 Å². The standard InChI is InChI=1S/C10H14N2O4S/c1-17-10(2-3-10)5-11-8(13)7-4-6(9(14)15)12-16-7/h7H,2-5H2,1H3,(H,11,13)(H,14,15). The molecule has 1 heterocycles. The molecule has 0 aromatic heterocycles. The zero-order chi connectivity index (χ0) is 12.5.